The summed E-state index contributed by atoms with van der Waals surface area (Å²) >= 11 is 0. The quantitative estimate of drug-likeness (QED) is 0.846. The van der Waals surface area contributed by atoms with Crippen LogP contribution in [0.4, 0.5) is 0 Å². The molecule has 5 heteroatoms. The molecular formula is C17H28N2O2S. The van der Waals surface area contributed by atoms with Gasteiger partial charge in [0.25, 0.3) is 0 Å². The van der Waals surface area contributed by atoms with Gasteiger partial charge in [0.05, 0.1) is 4.90 Å². The molecule has 1 aromatic carbocycles. The number of sulfonamides is 1. The minimum atomic E-state index is -3.41. The molecule has 0 radical (unpaired) electrons. The molecule has 0 bridgehead atoms. The highest BCUT2D eigenvalue weighted by atomic mass is 32.2. The van der Waals surface area contributed by atoms with Crippen molar-refractivity contribution in [1.82, 2.24) is 10.0 Å². The summed E-state index contributed by atoms with van der Waals surface area (Å²) < 4.78 is 27.5. The monoisotopic (exact) mass is 324 g/mol. The highest BCUT2D eigenvalue weighted by Gasteiger charge is 2.21. The van der Waals surface area contributed by atoms with Gasteiger partial charge in [-0.3, -0.25) is 0 Å². The Balaban J connectivity index is 2.02. The largest absolute Gasteiger partial charge is 0.316 e. The third-order valence-corrected chi connectivity index (χ3v) is 6.23. The van der Waals surface area contributed by atoms with Crippen molar-refractivity contribution < 1.29 is 8.42 Å². The van der Waals surface area contributed by atoms with Crippen LogP contribution in [0, 0.1) is 5.92 Å². The van der Waals surface area contributed by atoms with Crippen molar-refractivity contribution in [2.75, 3.05) is 19.6 Å². The second-order valence-electron chi connectivity index (χ2n) is 6.83. The molecule has 1 aromatic rings. The summed E-state index contributed by atoms with van der Waals surface area (Å²) in [4.78, 5) is 0.354. The number of hydrogen-bond acceptors (Lipinski definition) is 3. The van der Waals surface area contributed by atoms with Crippen LogP contribution in [0.15, 0.2) is 29.2 Å². The summed E-state index contributed by atoms with van der Waals surface area (Å²) in [7, 11) is -3.41. The van der Waals surface area contributed by atoms with Gasteiger partial charge in [0.1, 0.15) is 0 Å². The van der Waals surface area contributed by atoms with E-state index in [0.717, 1.165) is 32.4 Å². The van der Waals surface area contributed by atoms with Crippen LogP contribution in [0.2, 0.25) is 0 Å². The minimum Gasteiger partial charge on any atom is -0.316 e. The van der Waals surface area contributed by atoms with Crippen LogP contribution in [0.1, 0.15) is 45.6 Å². The van der Waals surface area contributed by atoms with Gasteiger partial charge < -0.3 is 5.32 Å². The zero-order chi connectivity index (χ0) is 16.2. The lowest BCUT2D eigenvalue weighted by Crippen LogP contribution is -2.38. The highest BCUT2D eigenvalue weighted by Crippen LogP contribution is 2.27. The van der Waals surface area contributed by atoms with E-state index in [0.29, 0.717) is 17.4 Å². The Kier molecular flexibility index (Phi) is 5.64. The first kappa shape index (κ1) is 17.4. The summed E-state index contributed by atoms with van der Waals surface area (Å²) in [6.07, 6.45) is 3.22. The minimum absolute atomic E-state index is 0.0729. The smallest absolute Gasteiger partial charge is 0.240 e. The predicted octanol–water partition coefficient (Wildman–Crippen LogP) is 2.65. The molecule has 0 aliphatic carbocycles. The van der Waals surface area contributed by atoms with Crippen LogP contribution in [-0.2, 0) is 15.4 Å². The van der Waals surface area contributed by atoms with Crippen LogP contribution in [0.5, 0.6) is 0 Å². The molecule has 1 atom stereocenters. The van der Waals surface area contributed by atoms with E-state index in [4.69, 9.17) is 0 Å². The van der Waals surface area contributed by atoms with Gasteiger partial charge in [0.2, 0.25) is 10.0 Å². The lowest BCUT2D eigenvalue weighted by Gasteiger charge is -2.24. The first-order valence-corrected chi connectivity index (χ1v) is 9.64. The summed E-state index contributed by atoms with van der Waals surface area (Å²) in [5, 5.41) is 3.31. The SMILES string of the molecule is CCC(C)(C)c1ccc(S(=O)(=O)NCC2CCCNC2)cc1. The number of hydrogen-bond donors (Lipinski definition) is 2. The van der Waals surface area contributed by atoms with Crippen LogP contribution in [0.25, 0.3) is 0 Å². The van der Waals surface area contributed by atoms with Gasteiger partial charge in [0.15, 0.2) is 0 Å². The number of rotatable bonds is 6. The Hall–Kier alpha value is -0.910. The highest BCUT2D eigenvalue weighted by molar-refractivity contribution is 7.89. The van der Waals surface area contributed by atoms with Gasteiger partial charge in [-0.1, -0.05) is 32.9 Å². The van der Waals surface area contributed by atoms with E-state index in [2.05, 4.69) is 30.8 Å². The van der Waals surface area contributed by atoms with E-state index < -0.39 is 10.0 Å². The lowest BCUT2D eigenvalue weighted by molar-refractivity contribution is 0.376. The third-order valence-electron chi connectivity index (χ3n) is 4.79. The van der Waals surface area contributed by atoms with Crippen molar-refractivity contribution in [2.45, 2.75) is 50.3 Å². The Morgan fingerprint density at radius 3 is 2.50 bits per heavy atom. The second-order valence-corrected chi connectivity index (χ2v) is 8.59. The molecule has 0 saturated carbocycles. The molecule has 1 heterocycles. The van der Waals surface area contributed by atoms with Crippen LogP contribution < -0.4 is 10.0 Å². The van der Waals surface area contributed by atoms with E-state index in [1.54, 1.807) is 12.1 Å². The normalized spacial score (nSPS) is 20.0. The summed E-state index contributed by atoms with van der Waals surface area (Å²) in [5.74, 6) is 0.391. The molecule has 2 N–H and O–H groups in total. The molecule has 1 fully saturated rings. The van der Waals surface area contributed by atoms with Gasteiger partial charge in [0, 0.05) is 6.54 Å². The average molecular weight is 324 g/mol. The Morgan fingerprint density at radius 1 is 1.27 bits per heavy atom. The third kappa shape index (κ3) is 4.31. The van der Waals surface area contributed by atoms with Gasteiger partial charge in [-0.2, -0.15) is 0 Å². The standard InChI is InChI=1S/C17H28N2O2S/c1-4-17(2,3)15-7-9-16(10-8-15)22(20,21)19-13-14-6-5-11-18-12-14/h7-10,14,18-19H,4-6,11-13H2,1-3H3. The van der Waals surface area contributed by atoms with Crippen LogP contribution >= 0.6 is 0 Å². The first-order chi connectivity index (χ1) is 10.3. The molecule has 4 nitrogen and oxygen atoms in total. The van der Waals surface area contributed by atoms with Crippen molar-refractivity contribution in [3.8, 4) is 0 Å². The molecule has 22 heavy (non-hydrogen) atoms. The van der Waals surface area contributed by atoms with E-state index in [9.17, 15) is 8.42 Å². The van der Waals surface area contributed by atoms with Gasteiger partial charge in [-0.15, -0.1) is 0 Å². The van der Waals surface area contributed by atoms with Crippen molar-refractivity contribution in [3.63, 3.8) is 0 Å². The summed E-state index contributed by atoms with van der Waals surface area (Å²) in [6, 6.07) is 7.29. The maximum absolute atomic E-state index is 12.4. The zero-order valence-corrected chi connectivity index (χ0v) is 14.7. The number of piperidine rings is 1. The Bertz CT molecular complexity index is 573. The molecule has 1 unspecified atom stereocenters. The topological polar surface area (TPSA) is 58.2 Å². The van der Waals surface area contributed by atoms with Gasteiger partial charge in [-0.05, 0) is 61.4 Å². The second kappa shape index (κ2) is 7.11. The van der Waals surface area contributed by atoms with Gasteiger partial charge >= 0.3 is 0 Å². The van der Waals surface area contributed by atoms with Crippen molar-refractivity contribution >= 4 is 10.0 Å². The fourth-order valence-electron chi connectivity index (χ4n) is 2.70. The fraction of sp³-hybridized carbons (Fsp3) is 0.647. The maximum Gasteiger partial charge on any atom is 0.240 e. The van der Waals surface area contributed by atoms with E-state index in [1.807, 2.05) is 12.1 Å². The average Bonchev–Trinajstić information content (AvgIpc) is 2.54. The summed E-state index contributed by atoms with van der Waals surface area (Å²) in [5.41, 5.74) is 1.24. The van der Waals surface area contributed by atoms with Crippen molar-refractivity contribution in [2.24, 2.45) is 5.92 Å². The lowest BCUT2D eigenvalue weighted by atomic mass is 9.82. The van der Waals surface area contributed by atoms with Crippen molar-refractivity contribution in [3.05, 3.63) is 29.8 Å². The van der Waals surface area contributed by atoms with Crippen LogP contribution in [-0.4, -0.2) is 28.1 Å². The van der Waals surface area contributed by atoms with Crippen LogP contribution in [0.3, 0.4) is 0 Å². The molecule has 0 aromatic heterocycles. The Morgan fingerprint density at radius 2 is 1.95 bits per heavy atom. The molecular weight excluding hydrogens is 296 g/mol. The van der Waals surface area contributed by atoms with E-state index in [1.165, 1.54) is 5.56 Å². The molecule has 1 saturated heterocycles. The number of nitrogens with one attached hydrogen (secondary N) is 2. The predicted molar refractivity (Wildman–Crippen MR) is 90.5 cm³/mol. The van der Waals surface area contributed by atoms with Gasteiger partial charge in [-0.25, -0.2) is 13.1 Å². The van der Waals surface area contributed by atoms with E-state index in [-0.39, 0.29) is 5.41 Å². The van der Waals surface area contributed by atoms with E-state index >= 15 is 0 Å². The summed E-state index contributed by atoms with van der Waals surface area (Å²) in [6.45, 7) is 8.93. The first-order valence-electron chi connectivity index (χ1n) is 8.16. The maximum atomic E-state index is 12.4. The fourth-order valence-corrected chi connectivity index (χ4v) is 3.81. The molecule has 0 amide bonds. The molecule has 1 aliphatic heterocycles. The molecule has 2 rings (SSSR count). The van der Waals surface area contributed by atoms with Crippen molar-refractivity contribution in [1.29, 1.82) is 0 Å². The molecule has 0 spiro atoms. The zero-order valence-electron chi connectivity index (χ0n) is 13.9. The molecule has 124 valence electrons. The number of benzene rings is 1. The molecule has 1 aliphatic rings. The Labute approximate surface area is 134 Å².